The second-order valence-corrected chi connectivity index (χ2v) is 6.24. The van der Waals surface area contributed by atoms with Crippen molar-refractivity contribution < 1.29 is 14.3 Å². The van der Waals surface area contributed by atoms with Crippen LogP contribution in [0.3, 0.4) is 0 Å². The van der Waals surface area contributed by atoms with E-state index in [1.165, 1.54) is 11.1 Å². The van der Waals surface area contributed by atoms with Crippen molar-refractivity contribution in [2.24, 2.45) is 0 Å². The van der Waals surface area contributed by atoms with E-state index in [0.717, 1.165) is 17.7 Å². The number of carbonyl (C=O) groups is 2. The van der Waals surface area contributed by atoms with Crippen molar-refractivity contribution >= 4 is 17.5 Å². The fourth-order valence-corrected chi connectivity index (χ4v) is 2.95. The summed E-state index contributed by atoms with van der Waals surface area (Å²) in [6.45, 7) is 3.04. The zero-order valence-electron chi connectivity index (χ0n) is 14.3. The van der Waals surface area contributed by atoms with Crippen LogP contribution in [0.2, 0.25) is 0 Å². The Kier molecular flexibility index (Phi) is 5.46. The van der Waals surface area contributed by atoms with Gasteiger partial charge in [0.25, 0.3) is 0 Å². The van der Waals surface area contributed by atoms with E-state index >= 15 is 0 Å². The third-order valence-corrected chi connectivity index (χ3v) is 4.24. The van der Waals surface area contributed by atoms with Crippen LogP contribution in [0.1, 0.15) is 16.7 Å². The molecule has 2 amide bonds. The molecule has 1 aliphatic heterocycles. The predicted octanol–water partition coefficient (Wildman–Crippen LogP) is 2.54. The number of benzene rings is 2. The molecule has 130 valence electrons. The first kappa shape index (κ1) is 17.2. The van der Waals surface area contributed by atoms with Gasteiger partial charge in [0.05, 0.1) is 0 Å². The molecule has 0 saturated carbocycles. The first-order valence-electron chi connectivity index (χ1n) is 8.40. The third-order valence-electron chi connectivity index (χ3n) is 4.24. The van der Waals surface area contributed by atoms with E-state index in [-0.39, 0.29) is 25.0 Å². The monoisotopic (exact) mass is 338 g/mol. The molecule has 25 heavy (non-hydrogen) atoms. The van der Waals surface area contributed by atoms with Gasteiger partial charge in [-0.15, -0.1) is 0 Å². The average molecular weight is 338 g/mol. The normalized spacial score (nSPS) is 13.2. The second kappa shape index (κ2) is 7.94. The van der Waals surface area contributed by atoms with Gasteiger partial charge < -0.3 is 15.0 Å². The van der Waals surface area contributed by atoms with Crippen LogP contribution in [-0.4, -0.2) is 36.5 Å². The van der Waals surface area contributed by atoms with E-state index in [1.54, 1.807) is 4.90 Å². The average Bonchev–Trinajstić information content (AvgIpc) is 2.61. The molecule has 0 saturated heterocycles. The highest BCUT2D eigenvalue weighted by Gasteiger charge is 2.20. The molecule has 2 aromatic carbocycles. The first-order valence-corrected chi connectivity index (χ1v) is 8.40. The maximum absolute atomic E-state index is 12.3. The summed E-state index contributed by atoms with van der Waals surface area (Å²) in [4.78, 5) is 25.9. The fourth-order valence-electron chi connectivity index (χ4n) is 2.95. The number of rotatable bonds is 5. The highest BCUT2D eigenvalue weighted by molar-refractivity contribution is 5.92. The Morgan fingerprint density at radius 3 is 2.68 bits per heavy atom. The molecule has 0 fully saturated rings. The summed E-state index contributed by atoms with van der Waals surface area (Å²) in [7, 11) is 0. The number of nitrogens with one attached hydrogen (secondary N) is 1. The van der Waals surface area contributed by atoms with Crippen LogP contribution in [0.25, 0.3) is 0 Å². The minimum absolute atomic E-state index is 0.0800. The molecule has 0 radical (unpaired) electrons. The molecule has 5 heteroatoms. The van der Waals surface area contributed by atoms with Crippen molar-refractivity contribution in [3.63, 3.8) is 0 Å². The Bertz CT molecular complexity index is 773. The minimum atomic E-state index is -0.262. The number of nitrogens with zero attached hydrogens (tertiary/aromatic N) is 1. The van der Waals surface area contributed by atoms with Gasteiger partial charge >= 0.3 is 0 Å². The Morgan fingerprint density at radius 2 is 1.88 bits per heavy atom. The van der Waals surface area contributed by atoms with Gasteiger partial charge in [-0.2, -0.15) is 0 Å². The largest absolute Gasteiger partial charge is 0.362 e. The fraction of sp³-hybridized carbons (Fsp3) is 0.300. The summed E-state index contributed by atoms with van der Waals surface area (Å²) in [6, 6.07) is 15.7. The van der Waals surface area contributed by atoms with Gasteiger partial charge in [0.15, 0.2) is 0 Å². The summed E-state index contributed by atoms with van der Waals surface area (Å²) in [5.74, 6) is -0.347. The van der Waals surface area contributed by atoms with Gasteiger partial charge in [-0.25, -0.2) is 0 Å². The molecule has 0 bridgehead atoms. The quantitative estimate of drug-likeness (QED) is 0.911. The minimum Gasteiger partial charge on any atom is -0.362 e. The van der Waals surface area contributed by atoms with E-state index < -0.39 is 0 Å². The first-order chi connectivity index (χ1) is 12.1. The van der Waals surface area contributed by atoms with Crippen LogP contribution in [0, 0.1) is 6.92 Å². The van der Waals surface area contributed by atoms with E-state index in [2.05, 4.69) is 11.4 Å². The maximum atomic E-state index is 12.3. The molecule has 1 N–H and O–H groups in total. The molecule has 3 rings (SSSR count). The molecule has 5 nitrogen and oxygen atoms in total. The van der Waals surface area contributed by atoms with E-state index in [0.29, 0.717) is 13.1 Å². The molecular weight excluding hydrogens is 316 g/mol. The van der Waals surface area contributed by atoms with Gasteiger partial charge in [-0.3, -0.25) is 9.59 Å². The van der Waals surface area contributed by atoms with Gasteiger partial charge in [0.2, 0.25) is 11.8 Å². The summed E-state index contributed by atoms with van der Waals surface area (Å²) in [6.07, 6.45) is 0.857. The highest BCUT2D eigenvalue weighted by Crippen LogP contribution is 2.18. The lowest BCUT2D eigenvalue weighted by molar-refractivity contribution is -0.138. The summed E-state index contributed by atoms with van der Waals surface area (Å²) in [5, 5.41) is 2.76. The maximum Gasteiger partial charge on any atom is 0.250 e. The van der Waals surface area contributed by atoms with Crippen molar-refractivity contribution in [3.8, 4) is 0 Å². The smallest absolute Gasteiger partial charge is 0.250 e. The van der Waals surface area contributed by atoms with Crippen molar-refractivity contribution in [2.75, 3.05) is 25.1 Å². The number of anilines is 1. The summed E-state index contributed by atoms with van der Waals surface area (Å²) in [5.41, 5.74) is 4.27. The van der Waals surface area contributed by atoms with Crippen LogP contribution >= 0.6 is 0 Å². The zero-order valence-corrected chi connectivity index (χ0v) is 14.3. The van der Waals surface area contributed by atoms with Crippen molar-refractivity contribution in [3.05, 3.63) is 65.2 Å². The molecule has 1 aliphatic rings. The lowest BCUT2D eigenvalue weighted by Gasteiger charge is -2.28. The van der Waals surface area contributed by atoms with Crippen molar-refractivity contribution in [2.45, 2.75) is 19.9 Å². The van der Waals surface area contributed by atoms with Crippen LogP contribution in [-0.2, 0) is 27.3 Å². The summed E-state index contributed by atoms with van der Waals surface area (Å²) >= 11 is 0. The second-order valence-electron chi connectivity index (χ2n) is 6.24. The zero-order chi connectivity index (χ0) is 17.6. The SMILES string of the molecule is Cc1cccc(NC(=O)COCC(=O)N2CCc3ccccc3C2)c1. The molecule has 0 unspecified atom stereocenters. The van der Waals surface area contributed by atoms with E-state index in [1.807, 2.05) is 49.4 Å². The predicted molar refractivity (Wildman–Crippen MR) is 96.2 cm³/mol. The molecule has 0 atom stereocenters. The van der Waals surface area contributed by atoms with E-state index in [9.17, 15) is 9.59 Å². The Morgan fingerprint density at radius 1 is 1.08 bits per heavy atom. The molecular formula is C20H22N2O3. The van der Waals surface area contributed by atoms with Crippen LogP contribution < -0.4 is 5.32 Å². The number of ether oxygens (including phenoxy) is 1. The number of hydrogen-bond acceptors (Lipinski definition) is 3. The van der Waals surface area contributed by atoms with Gasteiger partial charge in [-0.05, 0) is 42.2 Å². The van der Waals surface area contributed by atoms with Crippen LogP contribution in [0.15, 0.2) is 48.5 Å². The Balaban J connectivity index is 1.43. The molecule has 0 aliphatic carbocycles. The Hall–Kier alpha value is -2.66. The molecule has 2 aromatic rings. The number of amides is 2. The molecule has 0 spiro atoms. The number of aryl methyl sites for hydroxylation is 1. The number of carbonyl (C=O) groups excluding carboxylic acids is 2. The van der Waals surface area contributed by atoms with E-state index in [4.69, 9.17) is 4.74 Å². The number of fused-ring (bicyclic) bond motifs is 1. The number of hydrogen-bond donors (Lipinski definition) is 1. The molecule has 0 aromatic heterocycles. The van der Waals surface area contributed by atoms with Crippen LogP contribution in [0.5, 0.6) is 0 Å². The molecule has 1 heterocycles. The van der Waals surface area contributed by atoms with Crippen molar-refractivity contribution in [1.29, 1.82) is 0 Å². The standard InChI is InChI=1S/C20H22N2O3/c1-15-5-4-8-18(11-15)21-19(23)13-25-14-20(24)22-10-9-16-6-2-3-7-17(16)12-22/h2-8,11H,9-10,12-14H2,1H3,(H,21,23). The summed E-state index contributed by atoms with van der Waals surface area (Å²) < 4.78 is 5.30. The highest BCUT2D eigenvalue weighted by atomic mass is 16.5. The van der Waals surface area contributed by atoms with Gasteiger partial charge in [-0.1, -0.05) is 36.4 Å². The Labute approximate surface area is 147 Å². The topological polar surface area (TPSA) is 58.6 Å². The lowest BCUT2D eigenvalue weighted by Crippen LogP contribution is -2.38. The van der Waals surface area contributed by atoms with Gasteiger partial charge in [0, 0.05) is 18.8 Å². The lowest BCUT2D eigenvalue weighted by atomic mass is 10.00. The third kappa shape index (κ3) is 4.67. The van der Waals surface area contributed by atoms with Crippen molar-refractivity contribution in [1.82, 2.24) is 4.90 Å². The van der Waals surface area contributed by atoms with Crippen LogP contribution in [0.4, 0.5) is 5.69 Å². The van der Waals surface area contributed by atoms with Gasteiger partial charge in [0.1, 0.15) is 13.2 Å².